The number of hydrogen-bond acceptors (Lipinski definition) is 6. The van der Waals surface area contributed by atoms with Gasteiger partial charge in [-0.25, -0.2) is 8.42 Å². The van der Waals surface area contributed by atoms with E-state index < -0.39 is 37.1 Å². The molecule has 1 aromatic rings. The number of halogens is 3. The number of hydrogen-bond donors (Lipinski definition) is 1. The number of amides is 2. The SMILES string of the molecule is COc1ccc(S(=O)(=O)C(F)(F)F)cc1NC(=O)C1CSC2(C)CCC(=O)N12. The van der Waals surface area contributed by atoms with Crippen molar-refractivity contribution in [3.05, 3.63) is 18.2 Å². The Bertz CT molecular complexity index is 935. The Hall–Kier alpha value is -1.95. The van der Waals surface area contributed by atoms with Gasteiger partial charge < -0.3 is 15.0 Å². The summed E-state index contributed by atoms with van der Waals surface area (Å²) < 4.78 is 66.8. The molecule has 28 heavy (non-hydrogen) atoms. The van der Waals surface area contributed by atoms with E-state index in [1.807, 2.05) is 6.92 Å². The number of nitrogens with zero attached hydrogens (tertiary/aromatic N) is 1. The first kappa shape index (κ1) is 20.8. The smallest absolute Gasteiger partial charge is 0.495 e. The first-order valence-electron chi connectivity index (χ1n) is 8.17. The van der Waals surface area contributed by atoms with Crippen molar-refractivity contribution in [2.24, 2.45) is 0 Å². The quantitative estimate of drug-likeness (QED) is 0.776. The molecule has 154 valence electrons. The maximum atomic E-state index is 12.8. The van der Waals surface area contributed by atoms with E-state index in [1.165, 1.54) is 23.8 Å². The van der Waals surface area contributed by atoms with Gasteiger partial charge in [0, 0.05) is 12.2 Å². The number of nitrogens with one attached hydrogen (secondary N) is 1. The van der Waals surface area contributed by atoms with Crippen molar-refractivity contribution in [1.82, 2.24) is 4.90 Å². The Kier molecular flexibility index (Phi) is 5.07. The summed E-state index contributed by atoms with van der Waals surface area (Å²) in [7, 11) is -4.36. The summed E-state index contributed by atoms with van der Waals surface area (Å²) in [5.41, 5.74) is -5.70. The number of thioether (sulfide) groups is 1. The minimum atomic E-state index is -5.59. The van der Waals surface area contributed by atoms with Gasteiger partial charge in [0.05, 0.1) is 22.6 Å². The van der Waals surface area contributed by atoms with E-state index in [2.05, 4.69) is 5.32 Å². The summed E-state index contributed by atoms with van der Waals surface area (Å²) in [6.45, 7) is 1.85. The van der Waals surface area contributed by atoms with Crippen molar-refractivity contribution >= 4 is 39.1 Å². The third kappa shape index (κ3) is 3.32. The third-order valence-electron chi connectivity index (χ3n) is 4.79. The molecule has 0 saturated carbocycles. The monoisotopic (exact) mass is 438 g/mol. The number of rotatable bonds is 4. The van der Waals surface area contributed by atoms with Gasteiger partial charge >= 0.3 is 5.51 Å². The number of alkyl halides is 3. The molecule has 2 atom stereocenters. The van der Waals surface area contributed by atoms with E-state index in [4.69, 9.17) is 4.74 Å². The standard InChI is InChI=1S/C16H17F3N2O5S2/c1-15-6-5-13(22)21(15)11(8-27-15)14(23)20-10-7-9(3-4-12(10)26-2)28(24,25)16(17,18)19/h3-4,7,11H,5-6,8H2,1-2H3,(H,20,23). The molecule has 0 bridgehead atoms. The van der Waals surface area contributed by atoms with Crippen molar-refractivity contribution in [2.75, 3.05) is 18.2 Å². The predicted octanol–water partition coefficient (Wildman–Crippen LogP) is 2.38. The Morgan fingerprint density at radius 1 is 1.39 bits per heavy atom. The highest BCUT2D eigenvalue weighted by molar-refractivity contribution is 8.01. The highest BCUT2D eigenvalue weighted by Gasteiger charge is 2.53. The topological polar surface area (TPSA) is 92.8 Å². The average molecular weight is 438 g/mol. The molecule has 2 aliphatic rings. The summed E-state index contributed by atoms with van der Waals surface area (Å²) >= 11 is 1.46. The average Bonchev–Trinajstić information content (AvgIpc) is 3.10. The lowest BCUT2D eigenvalue weighted by atomic mass is 10.2. The summed E-state index contributed by atoms with van der Waals surface area (Å²) in [5.74, 6) is -0.466. The van der Waals surface area contributed by atoms with Crippen LogP contribution < -0.4 is 10.1 Å². The van der Waals surface area contributed by atoms with E-state index in [9.17, 15) is 31.2 Å². The minimum absolute atomic E-state index is 0.00404. The van der Waals surface area contributed by atoms with E-state index in [0.29, 0.717) is 24.7 Å². The Morgan fingerprint density at radius 2 is 2.07 bits per heavy atom. The Labute approximate surface area is 163 Å². The highest BCUT2D eigenvalue weighted by atomic mass is 32.2. The summed E-state index contributed by atoms with van der Waals surface area (Å²) in [6.07, 6.45) is 0.916. The molecule has 1 aromatic carbocycles. The molecule has 2 fully saturated rings. The number of ether oxygens (including phenoxy) is 1. The fourth-order valence-corrected chi connectivity index (χ4v) is 5.54. The second-order valence-corrected chi connectivity index (χ2v) is 10.0. The minimum Gasteiger partial charge on any atom is -0.495 e. The lowest BCUT2D eigenvalue weighted by Crippen LogP contribution is -2.48. The molecule has 0 aromatic heterocycles. The van der Waals surface area contributed by atoms with Crippen LogP contribution in [0.5, 0.6) is 5.75 Å². The van der Waals surface area contributed by atoms with Crippen molar-refractivity contribution in [3.63, 3.8) is 0 Å². The lowest BCUT2D eigenvalue weighted by molar-refractivity contribution is -0.135. The predicted molar refractivity (Wildman–Crippen MR) is 95.6 cm³/mol. The van der Waals surface area contributed by atoms with Crippen LogP contribution in [0.2, 0.25) is 0 Å². The van der Waals surface area contributed by atoms with E-state index >= 15 is 0 Å². The van der Waals surface area contributed by atoms with Gasteiger partial charge in [0.25, 0.3) is 9.84 Å². The van der Waals surface area contributed by atoms with E-state index in [0.717, 1.165) is 12.1 Å². The van der Waals surface area contributed by atoms with Gasteiger partial charge in [0.2, 0.25) is 11.8 Å². The molecule has 2 unspecified atom stereocenters. The summed E-state index contributed by atoms with van der Waals surface area (Å²) in [6, 6.07) is 1.68. The fourth-order valence-electron chi connectivity index (χ4n) is 3.32. The zero-order valence-corrected chi connectivity index (χ0v) is 16.5. The van der Waals surface area contributed by atoms with Gasteiger partial charge in [0.15, 0.2) is 0 Å². The number of benzene rings is 1. The second kappa shape index (κ2) is 6.83. The van der Waals surface area contributed by atoms with Crippen molar-refractivity contribution in [2.45, 2.75) is 41.1 Å². The molecule has 2 saturated heterocycles. The van der Waals surface area contributed by atoms with Crippen molar-refractivity contribution < 1.29 is 35.9 Å². The van der Waals surface area contributed by atoms with Crippen LogP contribution in [0.15, 0.2) is 23.1 Å². The van der Waals surface area contributed by atoms with Gasteiger partial charge in [-0.3, -0.25) is 9.59 Å². The van der Waals surface area contributed by atoms with Crippen LogP contribution in [0.4, 0.5) is 18.9 Å². The number of methoxy groups -OCH3 is 1. The molecular formula is C16H17F3N2O5S2. The molecule has 0 aliphatic carbocycles. The highest BCUT2D eigenvalue weighted by Crippen LogP contribution is 2.47. The van der Waals surface area contributed by atoms with E-state index in [1.54, 1.807) is 0 Å². The third-order valence-corrected chi connectivity index (χ3v) is 7.78. The molecule has 2 amide bonds. The summed E-state index contributed by atoms with van der Waals surface area (Å²) in [5, 5.41) is 2.41. The van der Waals surface area contributed by atoms with Crippen molar-refractivity contribution in [3.8, 4) is 5.75 Å². The van der Waals surface area contributed by atoms with Gasteiger partial charge in [-0.2, -0.15) is 13.2 Å². The van der Waals surface area contributed by atoms with Gasteiger partial charge in [-0.05, 0) is 31.5 Å². The molecule has 12 heteroatoms. The van der Waals surface area contributed by atoms with E-state index in [-0.39, 0.29) is 17.3 Å². The molecule has 0 spiro atoms. The normalized spacial score (nSPS) is 25.0. The molecule has 1 N–H and O–H groups in total. The fraction of sp³-hybridized carbons (Fsp3) is 0.500. The van der Waals surface area contributed by atoms with Crippen LogP contribution >= 0.6 is 11.8 Å². The number of carbonyl (C=O) groups excluding carboxylic acids is 2. The number of anilines is 1. The Balaban J connectivity index is 1.91. The van der Waals surface area contributed by atoms with Crippen LogP contribution in [0.25, 0.3) is 0 Å². The molecule has 2 aliphatic heterocycles. The number of carbonyl (C=O) groups is 2. The maximum absolute atomic E-state index is 12.8. The summed E-state index contributed by atoms with van der Waals surface area (Å²) in [4.78, 5) is 24.8. The number of fused-ring (bicyclic) bond motifs is 1. The second-order valence-electron chi connectivity index (χ2n) is 6.57. The molecule has 7 nitrogen and oxygen atoms in total. The molecule has 3 rings (SSSR count). The first-order valence-corrected chi connectivity index (χ1v) is 10.6. The molecule has 2 heterocycles. The van der Waals surface area contributed by atoms with Crippen LogP contribution in [-0.4, -0.2) is 54.4 Å². The number of sulfone groups is 1. The molecular weight excluding hydrogens is 421 g/mol. The van der Waals surface area contributed by atoms with Crippen LogP contribution in [0, 0.1) is 0 Å². The zero-order chi connectivity index (χ0) is 20.9. The zero-order valence-electron chi connectivity index (χ0n) is 14.9. The maximum Gasteiger partial charge on any atom is 0.501 e. The lowest BCUT2D eigenvalue weighted by Gasteiger charge is -2.30. The van der Waals surface area contributed by atoms with Gasteiger partial charge in [-0.1, -0.05) is 0 Å². The van der Waals surface area contributed by atoms with Gasteiger partial charge in [-0.15, -0.1) is 11.8 Å². The van der Waals surface area contributed by atoms with Crippen molar-refractivity contribution in [1.29, 1.82) is 0 Å². The largest absolute Gasteiger partial charge is 0.501 e. The van der Waals surface area contributed by atoms with Crippen LogP contribution in [0.1, 0.15) is 19.8 Å². The van der Waals surface area contributed by atoms with Crippen LogP contribution in [0.3, 0.4) is 0 Å². The molecule has 0 radical (unpaired) electrons. The first-order chi connectivity index (χ1) is 12.9. The Morgan fingerprint density at radius 3 is 2.68 bits per heavy atom. The van der Waals surface area contributed by atoms with Crippen LogP contribution in [-0.2, 0) is 19.4 Å². The van der Waals surface area contributed by atoms with Gasteiger partial charge in [0.1, 0.15) is 11.8 Å².